The van der Waals surface area contributed by atoms with Gasteiger partial charge >= 0.3 is 6.03 Å². The summed E-state index contributed by atoms with van der Waals surface area (Å²) < 4.78 is 27.0. The van der Waals surface area contributed by atoms with Gasteiger partial charge in [0.2, 0.25) is 0 Å². The molecule has 0 radical (unpaired) electrons. The number of halogens is 3. The van der Waals surface area contributed by atoms with Crippen LogP contribution in [0.1, 0.15) is 24.0 Å². The average molecular weight is 342 g/mol. The van der Waals surface area contributed by atoms with E-state index in [4.69, 9.17) is 11.6 Å². The maximum absolute atomic E-state index is 13.7. The predicted octanol–water partition coefficient (Wildman–Crippen LogP) is 3.07. The summed E-state index contributed by atoms with van der Waals surface area (Å²) in [5, 5.41) is 9.21. The van der Waals surface area contributed by atoms with Gasteiger partial charge in [0.05, 0.1) is 5.69 Å². The number of urea groups is 1. The largest absolute Gasteiger partial charge is 0.324 e. The molecule has 23 heavy (non-hydrogen) atoms. The van der Waals surface area contributed by atoms with Crippen molar-refractivity contribution in [2.24, 2.45) is 0 Å². The molecule has 1 saturated heterocycles. The van der Waals surface area contributed by atoms with Crippen molar-refractivity contribution >= 4 is 23.3 Å². The van der Waals surface area contributed by atoms with Gasteiger partial charge in [-0.2, -0.15) is 5.10 Å². The van der Waals surface area contributed by atoms with E-state index < -0.39 is 17.7 Å². The molecule has 9 heteroatoms. The first-order chi connectivity index (χ1) is 10.9. The number of aromatic amines is 1. The lowest BCUT2D eigenvalue weighted by Crippen LogP contribution is -2.33. The van der Waals surface area contributed by atoms with Crippen LogP contribution in [-0.4, -0.2) is 39.2 Å². The molecule has 0 bridgehead atoms. The molecule has 0 spiro atoms. The maximum atomic E-state index is 13.7. The first-order valence-corrected chi connectivity index (χ1v) is 7.41. The van der Waals surface area contributed by atoms with Crippen molar-refractivity contribution in [3.8, 4) is 0 Å². The molecule has 0 saturated carbocycles. The summed E-state index contributed by atoms with van der Waals surface area (Å²) in [7, 11) is 0. The first-order valence-electron chi connectivity index (χ1n) is 7.03. The van der Waals surface area contributed by atoms with E-state index in [9.17, 15) is 13.6 Å². The molecule has 1 fully saturated rings. The van der Waals surface area contributed by atoms with Gasteiger partial charge in [-0.15, -0.1) is 0 Å². The number of nitrogens with one attached hydrogen (secondary N) is 2. The Hall–Kier alpha value is -2.22. The quantitative estimate of drug-likeness (QED) is 0.824. The van der Waals surface area contributed by atoms with Gasteiger partial charge < -0.3 is 10.2 Å². The van der Waals surface area contributed by atoms with E-state index in [1.54, 1.807) is 6.92 Å². The highest BCUT2D eigenvalue weighted by Gasteiger charge is 2.30. The zero-order chi connectivity index (χ0) is 16.6. The Balaban J connectivity index is 1.68. The number of likely N-dealkylation sites (tertiary alicyclic amines) is 1. The van der Waals surface area contributed by atoms with Crippen molar-refractivity contribution in [2.75, 3.05) is 18.4 Å². The summed E-state index contributed by atoms with van der Waals surface area (Å²) in [6.45, 7) is 2.69. The molecular weight excluding hydrogens is 328 g/mol. The number of hydrogen-bond donors (Lipinski definition) is 2. The molecule has 6 nitrogen and oxygen atoms in total. The van der Waals surface area contributed by atoms with Crippen LogP contribution in [0.15, 0.2) is 12.1 Å². The van der Waals surface area contributed by atoms with Crippen LogP contribution < -0.4 is 5.32 Å². The minimum absolute atomic E-state index is 0.00898. The third kappa shape index (κ3) is 3.26. The smallest absolute Gasteiger partial charge is 0.321 e. The first kappa shape index (κ1) is 15.7. The van der Waals surface area contributed by atoms with Gasteiger partial charge in [-0.05, 0) is 25.5 Å². The molecular formula is C14H14ClF2N5O. The lowest BCUT2D eigenvalue weighted by Gasteiger charge is -2.17. The second-order valence-electron chi connectivity index (χ2n) is 5.39. The zero-order valence-corrected chi connectivity index (χ0v) is 13.0. The summed E-state index contributed by atoms with van der Waals surface area (Å²) in [5.74, 6) is -0.866. The number of rotatable bonds is 2. The summed E-state index contributed by atoms with van der Waals surface area (Å²) in [6, 6.07) is 1.51. The van der Waals surface area contributed by atoms with E-state index in [1.165, 1.54) is 11.0 Å². The number of aryl methyl sites for hydroxylation is 1. The number of anilines is 1. The van der Waals surface area contributed by atoms with Crippen LogP contribution in [-0.2, 0) is 0 Å². The fourth-order valence-electron chi connectivity index (χ4n) is 2.54. The fraction of sp³-hybridized carbons (Fsp3) is 0.357. The number of H-pyrrole nitrogens is 1. The van der Waals surface area contributed by atoms with Gasteiger partial charge in [-0.3, -0.25) is 5.10 Å². The van der Waals surface area contributed by atoms with Crippen LogP contribution in [0.4, 0.5) is 19.3 Å². The van der Waals surface area contributed by atoms with Crippen molar-refractivity contribution < 1.29 is 13.6 Å². The Labute approximate surface area is 135 Å². The molecule has 1 aromatic heterocycles. The van der Waals surface area contributed by atoms with Crippen molar-refractivity contribution in [3.63, 3.8) is 0 Å². The van der Waals surface area contributed by atoms with Crippen LogP contribution in [0.3, 0.4) is 0 Å². The minimum Gasteiger partial charge on any atom is -0.324 e. The van der Waals surface area contributed by atoms with Gasteiger partial charge in [-0.25, -0.2) is 18.6 Å². The number of amides is 2. The molecule has 122 valence electrons. The Bertz CT molecular complexity index is 751. The Morgan fingerprint density at radius 2 is 2.26 bits per heavy atom. The number of carbonyl (C=O) groups is 1. The number of nitrogens with zero attached hydrogens (tertiary/aromatic N) is 3. The topological polar surface area (TPSA) is 73.9 Å². The van der Waals surface area contributed by atoms with Gasteiger partial charge in [0.15, 0.2) is 17.5 Å². The highest BCUT2D eigenvalue weighted by Crippen LogP contribution is 2.27. The van der Waals surface area contributed by atoms with Crippen molar-refractivity contribution in [3.05, 3.63) is 40.4 Å². The summed E-state index contributed by atoms with van der Waals surface area (Å²) >= 11 is 5.68. The number of hydrogen-bond acceptors (Lipinski definition) is 3. The fourth-order valence-corrected chi connectivity index (χ4v) is 2.74. The number of benzene rings is 1. The molecule has 1 atom stereocenters. The Morgan fingerprint density at radius 3 is 2.96 bits per heavy atom. The van der Waals surface area contributed by atoms with E-state index in [0.29, 0.717) is 31.2 Å². The minimum atomic E-state index is -1.14. The normalized spacial score (nSPS) is 17.6. The van der Waals surface area contributed by atoms with Crippen molar-refractivity contribution in [1.82, 2.24) is 20.1 Å². The van der Waals surface area contributed by atoms with E-state index >= 15 is 0 Å². The van der Waals surface area contributed by atoms with Gasteiger partial charge in [-0.1, -0.05) is 11.6 Å². The molecule has 2 aromatic rings. The molecule has 1 aliphatic rings. The van der Waals surface area contributed by atoms with Crippen LogP contribution in [0.25, 0.3) is 0 Å². The van der Waals surface area contributed by atoms with E-state index in [0.717, 1.165) is 6.07 Å². The molecule has 2 N–H and O–H groups in total. The van der Waals surface area contributed by atoms with Crippen LogP contribution >= 0.6 is 11.6 Å². The zero-order valence-electron chi connectivity index (χ0n) is 12.2. The monoisotopic (exact) mass is 341 g/mol. The van der Waals surface area contributed by atoms with Crippen LogP contribution in [0, 0.1) is 18.6 Å². The van der Waals surface area contributed by atoms with Crippen molar-refractivity contribution in [2.45, 2.75) is 19.3 Å². The van der Waals surface area contributed by atoms with E-state index in [-0.39, 0.29) is 16.6 Å². The summed E-state index contributed by atoms with van der Waals surface area (Å²) in [5.41, 5.74) is -0.280. The molecule has 2 amide bonds. The second kappa shape index (κ2) is 6.11. The van der Waals surface area contributed by atoms with Crippen LogP contribution in [0.2, 0.25) is 5.02 Å². The standard InChI is InChI=1S/C14H14ClF2N5O/c1-7-18-13(21-20-7)8-2-3-22(6-8)14(23)19-11-5-9(15)4-10(16)12(11)17/h4-5,8H,2-3,6H2,1H3,(H,19,23)(H,18,20,21)/t8-/m0/s1. The Kier molecular flexibility index (Phi) is 4.16. The molecule has 0 unspecified atom stereocenters. The highest BCUT2D eigenvalue weighted by atomic mass is 35.5. The molecule has 1 aromatic carbocycles. The molecule has 0 aliphatic carbocycles. The predicted molar refractivity (Wildman–Crippen MR) is 80.4 cm³/mol. The number of aromatic nitrogens is 3. The lowest BCUT2D eigenvalue weighted by molar-refractivity contribution is 0.221. The maximum Gasteiger partial charge on any atom is 0.321 e. The Morgan fingerprint density at radius 1 is 1.48 bits per heavy atom. The van der Waals surface area contributed by atoms with Gasteiger partial charge in [0, 0.05) is 24.0 Å². The second-order valence-corrected chi connectivity index (χ2v) is 5.83. The SMILES string of the molecule is Cc1nc([C@H]2CCN(C(=O)Nc3cc(Cl)cc(F)c3F)C2)n[nH]1. The van der Waals surface area contributed by atoms with Crippen LogP contribution in [0.5, 0.6) is 0 Å². The van der Waals surface area contributed by atoms with E-state index in [2.05, 4.69) is 20.5 Å². The lowest BCUT2D eigenvalue weighted by atomic mass is 10.1. The molecule has 3 rings (SSSR count). The molecule has 2 heterocycles. The summed E-state index contributed by atoms with van der Waals surface area (Å²) in [4.78, 5) is 18.0. The van der Waals surface area contributed by atoms with E-state index in [1.807, 2.05) is 0 Å². The van der Waals surface area contributed by atoms with Gasteiger partial charge in [0.1, 0.15) is 5.82 Å². The van der Waals surface area contributed by atoms with Crippen molar-refractivity contribution in [1.29, 1.82) is 0 Å². The summed E-state index contributed by atoms with van der Waals surface area (Å²) in [6.07, 6.45) is 0.705. The van der Waals surface area contributed by atoms with Gasteiger partial charge in [0.25, 0.3) is 0 Å². The highest BCUT2D eigenvalue weighted by molar-refractivity contribution is 6.30. The average Bonchev–Trinajstić information content (AvgIpc) is 3.12. The molecule has 1 aliphatic heterocycles. The number of carbonyl (C=O) groups excluding carboxylic acids is 1. The third-order valence-corrected chi connectivity index (χ3v) is 3.91. The third-order valence-electron chi connectivity index (χ3n) is 3.69.